The fourth-order valence-corrected chi connectivity index (χ4v) is 7.59. The van der Waals surface area contributed by atoms with Crippen LogP contribution in [0, 0.1) is 0 Å². The number of rotatable bonds is 10. The molecule has 2 aliphatic heterocycles. The summed E-state index contributed by atoms with van der Waals surface area (Å²) in [5.41, 5.74) is 6.19. The first-order valence-corrected chi connectivity index (χ1v) is 15.2. The van der Waals surface area contributed by atoms with Crippen LogP contribution in [-0.2, 0) is 32.4 Å². The van der Waals surface area contributed by atoms with E-state index >= 15 is 0 Å². The summed E-state index contributed by atoms with van der Waals surface area (Å²) in [6.07, 6.45) is -6.12. The van der Waals surface area contributed by atoms with Crippen LogP contribution in [0.3, 0.4) is 0 Å². The molecule has 0 radical (unpaired) electrons. The van der Waals surface area contributed by atoms with E-state index in [2.05, 4.69) is 20.3 Å². The minimum Gasteiger partial charge on any atom is -0.388 e. The minimum absolute atomic E-state index is 0.0830. The molecule has 0 bridgehead atoms. The maximum Gasteiger partial charge on any atom is 0.340 e. The lowest BCUT2D eigenvalue weighted by molar-refractivity contribution is -0.120. The SMILES string of the molecule is CC(=O)NC1C(C)O[C@H](COP(=O)(O)CP(=O)(O)OC[C@@H]2O[C@H](n3cnc4c(N)ncnc43)C(O)C2O)[C@@H]1O. The van der Waals surface area contributed by atoms with Crippen LogP contribution < -0.4 is 11.1 Å². The van der Waals surface area contributed by atoms with Gasteiger partial charge in [-0.25, -0.2) is 15.0 Å². The number of ether oxygens (including phenoxy) is 2. The van der Waals surface area contributed by atoms with Gasteiger partial charge < -0.3 is 54.7 Å². The van der Waals surface area contributed by atoms with Gasteiger partial charge in [-0.2, -0.15) is 0 Å². The van der Waals surface area contributed by atoms with Crippen molar-refractivity contribution in [3.63, 3.8) is 0 Å². The molecule has 2 aliphatic rings. The molecule has 4 rings (SSSR count). The molecule has 1 amide bonds. The molecule has 0 saturated carbocycles. The molecule has 0 aliphatic carbocycles. The third kappa shape index (κ3) is 6.64. The molecular weight excluding hydrogens is 566 g/mol. The maximum absolute atomic E-state index is 12.5. The summed E-state index contributed by atoms with van der Waals surface area (Å²) >= 11 is 0. The van der Waals surface area contributed by atoms with Gasteiger partial charge >= 0.3 is 15.2 Å². The molecule has 2 saturated heterocycles. The maximum atomic E-state index is 12.5. The summed E-state index contributed by atoms with van der Waals surface area (Å²) in [7, 11) is -9.53. The lowest BCUT2D eigenvalue weighted by Gasteiger charge is -2.21. The molecule has 18 nitrogen and oxygen atoms in total. The van der Waals surface area contributed by atoms with Crippen molar-refractivity contribution in [1.82, 2.24) is 24.8 Å². The van der Waals surface area contributed by atoms with E-state index in [1.165, 1.54) is 24.1 Å². The average Bonchev–Trinajstić information content (AvgIpc) is 3.47. The number of nitrogens with two attached hydrogens (primary N) is 1. The molecule has 6 unspecified atom stereocenters. The number of nitrogens with zero attached hydrogens (tertiary/aromatic N) is 4. The van der Waals surface area contributed by atoms with E-state index in [4.69, 9.17) is 24.3 Å². The highest BCUT2D eigenvalue weighted by Gasteiger charge is 2.47. The van der Waals surface area contributed by atoms with Gasteiger partial charge in [0.25, 0.3) is 0 Å². The predicted octanol–water partition coefficient (Wildman–Crippen LogP) is -1.96. The molecule has 2 fully saturated rings. The number of nitrogens with one attached hydrogen (secondary N) is 1. The molecule has 10 atom stereocenters. The van der Waals surface area contributed by atoms with Gasteiger partial charge in [0.1, 0.15) is 42.4 Å². The first-order chi connectivity index (χ1) is 18.2. The van der Waals surface area contributed by atoms with E-state index in [0.29, 0.717) is 0 Å². The number of hydrogen-bond acceptors (Lipinski definition) is 14. The highest BCUT2D eigenvalue weighted by atomic mass is 31.2. The Kier molecular flexibility index (Phi) is 8.76. The monoisotopic (exact) mass is 596 g/mol. The van der Waals surface area contributed by atoms with Crippen molar-refractivity contribution in [2.75, 3.05) is 24.9 Å². The van der Waals surface area contributed by atoms with Crippen LogP contribution in [0.1, 0.15) is 20.1 Å². The Morgan fingerprint density at radius 2 is 1.67 bits per heavy atom. The lowest BCUT2D eigenvalue weighted by atomic mass is 10.1. The van der Waals surface area contributed by atoms with Gasteiger partial charge in [-0.15, -0.1) is 0 Å². The number of aliphatic hydroxyl groups is 3. The number of hydrogen-bond donors (Lipinski definition) is 7. The summed E-state index contributed by atoms with van der Waals surface area (Å²) in [6, 6.07) is -0.774. The first-order valence-electron chi connectivity index (χ1n) is 11.7. The molecular formula is C19H30N6O12P2. The molecule has 20 heteroatoms. The average molecular weight is 596 g/mol. The number of fused-ring (bicyclic) bond motifs is 1. The second-order valence-electron chi connectivity index (χ2n) is 9.23. The Morgan fingerprint density at radius 1 is 1.05 bits per heavy atom. The zero-order chi connectivity index (χ0) is 28.7. The van der Waals surface area contributed by atoms with E-state index in [1.807, 2.05) is 0 Å². The highest BCUT2D eigenvalue weighted by Crippen LogP contribution is 2.58. The smallest absolute Gasteiger partial charge is 0.340 e. The topological polar surface area (TPSA) is 271 Å². The largest absolute Gasteiger partial charge is 0.388 e. The van der Waals surface area contributed by atoms with Crippen molar-refractivity contribution in [1.29, 1.82) is 0 Å². The minimum atomic E-state index is -4.79. The molecule has 218 valence electrons. The highest BCUT2D eigenvalue weighted by molar-refractivity contribution is 7.70. The molecule has 2 aromatic rings. The second kappa shape index (κ2) is 11.4. The van der Waals surface area contributed by atoms with Crippen LogP contribution in [0.2, 0.25) is 0 Å². The van der Waals surface area contributed by atoms with Crippen LogP contribution in [0.25, 0.3) is 11.2 Å². The van der Waals surface area contributed by atoms with E-state index in [-0.39, 0.29) is 17.0 Å². The van der Waals surface area contributed by atoms with Crippen molar-refractivity contribution in [3.8, 4) is 0 Å². The number of aromatic nitrogens is 4. The summed E-state index contributed by atoms with van der Waals surface area (Å²) < 4.78 is 47.2. The first kappa shape index (κ1) is 29.9. The van der Waals surface area contributed by atoms with Crippen LogP contribution in [0.5, 0.6) is 0 Å². The molecule has 2 aromatic heterocycles. The summed E-state index contributed by atoms with van der Waals surface area (Å²) in [6.45, 7) is 1.50. The Morgan fingerprint density at radius 3 is 2.28 bits per heavy atom. The lowest BCUT2D eigenvalue weighted by Crippen LogP contribution is -2.46. The molecule has 0 aromatic carbocycles. The van der Waals surface area contributed by atoms with Gasteiger partial charge in [0, 0.05) is 6.92 Å². The second-order valence-corrected chi connectivity index (χ2v) is 13.4. The Bertz CT molecular complexity index is 1300. The van der Waals surface area contributed by atoms with Crippen molar-refractivity contribution in [3.05, 3.63) is 12.7 Å². The Balaban J connectivity index is 1.32. The summed E-state index contributed by atoms with van der Waals surface area (Å²) in [4.78, 5) is 43.5. The Hall–Kier alpha value is -2.08. The molecule has 4 heterocycles. The van der Waals surface area contributed by atoms with Gasteiger partial charge in [-0.3, -0.25) is 18.5 Å². The summed E-state index contributed by atoms with van der Waals surface area (Å²) in [5.74, 6) is -1.64. The van der Waals surface area contributed by atoms with Crippen molar-refractivity contribution in [2.24, 2.45) is 0 Å². The third-order valence-electron chi connectivity index (χ3n) is 6.25. The molecule has 39 heavy (non-hydrogen) atoms. The fraction of sp³-hybridized carbons (Fsp3) is 0.684. The zero-order valence-corrected chi connectivity index (χ0v) is 22.5. The number of nitrogen functional groups attached to an aromatic ring is 1. The van der Waals surface area contributed by atoms with Crippen molar-refractivity contribution >= 4 is 38.1 Å². The number of anilines is 1. The van der Waals surface area contributed by atoms with Crippen molar-refractivity contribution < 1.29 is 57.6 Å². The number of aliphatic hydroxyl groups excluding tert-OH is 3. The van der Waals surface area contributed by atoms with Crippen LogP contribution in [0.4, 0.5) is 5.82 Å². The van der Waals surface area contributed by atoms with E-state index < -0.39 is 89.1 Å². The number of carbonyl (C=O) groups is 1. The van der Waals surface area contributed by atoms with Crippen LogP contribution >= 0.6 is 15.2 Å². The molecule has 0 spiro atoms. The van der Waals surface area contributed by atoms with Crippen LogP contribution in [0.15, 0.2) is 12.7 Å². The van der Waals surface area contributed by atoms with Crippen molar-refractivity contribution in [2.45, 2.75) is 62.7 Å². The van der Waals surface area contributed by atoms with E-state index in [0.717, 1.165) is 0 Å². The van der Waals surface area contributed by atoms with Gasteiger partial charge in [-0.05, 0) is 6.92 Å². The quantitative estimate of drug-likeness (QED) is 0.147. The van der Waals surface area contributed by atoms with Gasteiger partial charge in [0.2, 0.25) is 5.91 Å². The standard InChI is InChI=1S/C19H30N6O12P2/c1-8-12(24-9(2)26)14(27)10(36-8)3-34-38(30,31)7-39(32,33)35-4-11-15(28)16(29)19(37-11)25-6-23-13-17(20)21-5-22-18(13)25/h5-6,8,10-12,14-16,19,27-29H,3-4,7H2,1-2H3,(H,24,26)(H,30,31)(H,32,33)(H2,20,21,22)/t8?,10-,11+,12?,14+,15?,16?,19+/m1/s1. The van der Waals surface area contributed by atoms with Gasteiger partial charge in [0.15, 0.2) is 23.6 Å². The zero-order valence-electron chi connectivity index (χ0n) is 20.7. The number of carbonyl (C=O) groups excluding carboxylic acids is 1. The van der Waals surface area contributed by atoms with Gasteiger partial charge in [0.05, 0.1) is 31.7 Å². The third-order valence-corrected chi connectivity index (χ3v) is 10.2. The summed E-state index contributed by atoms with van der Waals surface area (Å²) in [5, 5.41) is 33.7. The molecule has 8 N–H and O–H groups in total. The van der Waals surface area contributed by atoms with Crippen LogP contribution in [-0.4, -0.2) is 112 Å². The number of imidazole rings is 1. The number of amides is 1. The normalized spacial score (nSPS) is 34.1. The van der Waals surface area contributed by atoms with E-state index in [1.54, 1.807) is 6.92 Å². The fourth-order valence-electron chi connectivity index (χ4n) is 4.37. The van der Waals surface area contributed by atoms with Gasteiger partial charge in [-0.1, -0.05) is 0 Å². The van der Waals surface area contributed by atoms with E-state index in [9.17, 15) is 39.0 Å². The predicted molar refractivity (Wildman–Crippen MR) is 130 cm³/mol. The Labute approximate surface area is 221 Å².